The van der Waals surface area contributed by atoms with E-state index in [0.717, 1.165) is 16.5 Å². The highest BCUT2D eigenvalue weighted by Crippen LogP contribution is 2.22. The first-order valence-corrected chi connectivity index (χ1v) is 8.77. The van der Waals surface area contributed by atoms with Gasteiger partial charge in [-0.25, -0.2) is 4.98 Å². The number of amides is 1. The number of H-pyrrole nitrogens is 1. The fourth-order valence-electron chi connectivity index (χ4n) is 2.69. The van der Waals surface area contributed by atoms with Gasteiger partial charge in [-0.2, -0.15) is 0 Å². The molecule has 2 aromatic heterocycles. The summed E-state index contributed by atoms with van der Waals surface area (Å²) in [6.07, 6.45) is 4.08. The van der Waals surface area contributed by atoms with Gasteiger partial charge >= 0.3 is 0 Å². The number of aromatic nitrogens is 2. The standard InChI is InChI=1S/C18H18ClN5O3/c19-13-1-3-16-15(9-13)12(10-22-16)5-7-21-18(25)6-8-20-17-4-2-14(11-23-17)24(26)27/h1-4,9-11,22H,5-8H2,(H,20,23)(H,21,25). The van der Waals surface area contributed by atoms with Gasteiger partial charge in [0.05, 0.1) is 4.92 Å². The maximum atomic E-state index is 11.9. The number of pyridine rings is 1. The summed E-state index contributed by atoms with van der Waals surface area (Å²) in [6, 6.07) is 8.54. The first-order chi connectivity index (χ1) is 13.0. The van der Waals surface area contributed by atoms with E-state index in [1.165, 1.54) is 18.3 Å². The number of fused-ring (bicyclic) bond motifs is 1. The van der Waals surface area contributed by atoms with Gasteiger partial charge in [-0.3, -0.25) is 14.9 Å². The van der Waals surface area contributed by atoms with E-state index in [-0.39, 0.29) is 18.0 Å². The highest BCUT2D eigenvalue weighted by atomic mass is 35.5. The minimum Gasteiger partial charge on any atom is -0.370 e. The predicted octanol–water partition coefficient (Wildman–Crippen LogP) is 3.29. The lowest BCUT2D eigenvalue weighted by Crippen LogP contribution is -2.27. The summed E-state index contributed by atoms with van der Waals surface area (Å²) in [5.74, 6) is 0.409. The van der Waals surface area contributed by atoms with Crippen LogP contribution < -0.4 is 10.6 Å². The molecule has 0 aliphatic rings. The third-order valence-corrected chi connectivity index (χ3v) is 4.30. The number of halogens is 1. The number of nitrogens with one attached hydrogen (secondary N) is 3. The Labute approximate surface area is 160 Å². The number of hydrogen-bond acceptors (Lipinski definition) is 5. The first kappa shape index (κ1) is 18.7. The van der Waals surface area contributed by atoms with Gasteiger partial charge in [-0.05, 0) is 36.2 Å². The second-order valence-electron chi connectivity index (χ2n) is 5.94. The Bertz CT molecular complexity index is 955. The largest absolute Gasteiger partial charge is 0.370 e. The van der Waals surface area contributed by atoms with Crippen LogP contribution >= 0.6 is 11.6 Å². The second-order valence-corrected chi connectivity index (χ2v) is 6.38. The highest BCUT2D eigenvalue weighted by Gasteiger charge is 2.07. The lowest BCUT2D eigenvalue weighted by atomic mass is 10.1. The Morgan fingerprint density at radius 3 is 2.85 bits per heavy atom. The summed E-state index contributed by atoms with van der Waals surface area (Å²) in [5.41, 5.74) is 2.04. The summed E-state index contributed by atoms with van der Waals surface area (Å²) >= 11 is 6.03. The summed E-state index contributed by atoms with van der Waals surface area (Å²) in [5, 5.41) is 18.1. The Kier molecular flexibility index (Phi) is 5.87. The van der Waals surface area contributed by atoms with E-state index in [2.05, 4.69) is 20.6 Å². The SMILES string of the molecule is O=C(CCNc1ccc([N+](=O)[O-])cn1)NCCc1c[nH]c2ccc(Cl)cc12. The normalized spacial score (nSPS) is 10.7. The number of anilines is 1. The van der Waals surface area contributed by atoms with Gasteiger partial charge in [0, 0.05) is 47.7 Å². The van der Waals surface area contributed by atoms with E-state index < -0.39 is 4.92 Å². The van der Waals surface area contributed by atoms with Crippen LogP contribution in [0.5, 0.6) is 0 Å². The molecule has 3 N–H and O–H groups in total. The van der Waals surface area contributed by atoms with Crippen molar-refractivity contribution in [3.8, 4) is 0 Å². The molecule has 140 valence electrons. The van der Waals surface area contributed by atoms with Crippen LogP contribution in [0.15, 0.2) is 42.7 Å². The van der Waals surface area contributed by atoms with E-state index in [0.29, 0.717) is 30.4 Å². The van der Waals surface area contributed by atoms with Crippen molar-refractivity contribution in [1.82, 2.24) is 15.3 Å². The predicted molar refractivity (Wildman–Crippen MR) is 104 cm³/mol. The molecule has 0 saturated heterocycles. The Balaban J connectivity index is 1.40. The molecule has 0 fully saturated rings. The van der Waals surface area contributed by atoms with Crippen LogP contribution in [-0.2, 0) is 11.2 Å². The molecular weight excluding hydrogens is 370 g/mol. The molecule has 0 atom stereocenters. The molecule has 0 unspecified atom stereocenters. The van der Waals surface area contributed by atoms with Crippen LogP contribution in [0.3, 0.4) is 0 Å². The number of benzene rings is 1. The Morgan fingerprint density at radius 2 is 2.11 bits per heavy atom. The molecule has 3 aromatic rings. The Morgan fingerprint density at radius 1 is 1.26 bits per heavy atom. The van der Waals surface area contributed by atoms with E-state index in [1.807, 2.05) is 24.4 Å². The Hall–Kier alpha value is -3.13. The van der Waals surface area contributed by atoms with Crippen molar-refractivity contribution in [2.75, 3.05) is 18.4 Å². The van der Waals surface area contributed by atoms with Gasteiger partial charge in [0.1, 0.15) is 12.0 Å². The minimum atomic E-state index is -0.508. The maximum absolute atomic E-state index is 11.9. The van der Waals surface area contributed by atoms with Crippen molar-refractivity contribution in [3.63, 3.8) is 0 Å². The van der Waals surface area contributed by atoms with Gasteiger partial charge < -0.3 is 15.6 Å². The molecule has 3 rings (SSSR count). The van der Waals surface area contributed by atoms with Crippen LogP contribution in [0.2, 0.25) is 5.02 Å². The number of rotatable bonds is 8. The van der Waals surface area contributed by atoms with Crippen molar-refractivity contribution in [3.05, 3.63) is 63.4 Å². The van der Waals surface area contributed by atoms with E-state index in [9.17, 15) is 14.9 Å². The van der Waals surface area contributed by atoms with Crippen LogP contribution in [0, 0.1) is 10.1 Å². The minimum absolute atomic E-state index is 0.0724. The van der Waals surface area contributed by atoms with Crippen molar-refractivity contribution < 1.29 is 9.72 Å². The monoisotopic (exact) mass is 387 g/mol. The molecule has 0 aliphatic heterocycles. The number of hydrogen-bond donors (Lipinski definition) is 3. The number of aromatic amines is 1. The van der Waals surface area contributed by atoms with Crippen LogP contribution in [0.4, 0.5) is 11.5 Å². The zero-order chi connectivity index (χ0) is 19.2. The molecular formula is C18H18ClN5O3. The third kappa shape index (κ3) is 4.95. The summed E-state index contributed by atoms with van der Waals surface area (Å²) in [7, 11) is 0. The smallest absolute Gasteiger partial charge is 0.287 e. The molecule has 2 heterocycles. The zero-order valence-corrected chi connectivity index (χ0v) is 15.1. The van der Waals surface area contributed by atoms with Gasteiger partial charge in [0.25, 0.3) is 5.69 Å². The van der Waals surface area contributed by atoms with Gasteiger partial charge in [-0.1, -0.05) is 11.6 Å². The lowest BCUT2D eigenvalue weighted by molar-refractivity contribution is -0.385. The molecule has 1 aromatic carbocycles. The average Bonchev–Trinajstić information content (AvgIpc) is 3.04. The second kappa shape index (κ2) is 8.50. The fourth-order valence-corrected chi connectivity index (χ4v) is 2.86. The number of nitrogens with zero attached hydrogens (tertiary/aromatic N) is 2. The third-order valence-electron chi connectivity index (χ3n) is 4.06. The summed E-state index contributed by atoms with van der Waals surface area (Å²) in [6.45, 7) is 0.910. The average molecular weight is 388 g/mol. The van der Waals surface area contributed by atoms with Crippen LogP contribution in [0.25, 0.3) is 10.9 Å². The van der Waals surface area contributed by atoms with Gasteiger partial charge in [-0.15, -0.1) is 0 Å². The molecule has 8 nitrogen and oxygen atoms in total. The summed E-state index contributed by atoms with van der Waals surface area (Å²) < 4.78 is 0. The first-order valence-electron chi connectivity index (χ1n) is 8.39. The molecule has 0 saturated carbocycles. The van der Waals surface area contributed by atoms with Crippen molar-refractivity contribution in [2.24, 2.45) is 0 Å². The van der Waals surface area contributed by atoms with Crippen molar-refractivity contribution in [1.29, 1.82) is 0 Å². The van der Waals surface area contributed by atoms with Crippen molar-refractivity contribution >= 4 is 39.9 Å². The molecule has 0 aliphatic carbocycles. The van der Waals surface area contributed by atoms with E-state index in [4.69, 9.17) is 11.6 Å². The molecule has 0 spiro atoms. The van der Waals surface area contributed by atoms with E-state index in [1.54, 1.807) is 0 Å². The van der Waals surface area contributed by atoms with Crippen molar-refractivity contribution in [2.45, 2.75) is 12.8 Å². The molecule has 9 heteroatoms. The molecule has 27 heavy (non-hydrogen) atoms. The topological polar surface area (TPSA) is 113 Å². The zero-order valence-electron chi connectivity index (χ0n) is 14.4. The van der Waals surface area contributed by atoms with E-state index >= 15 is 0 Å². The fraction of sp³-hybridized carbons (Fsp3) is 0.222. The quantitative estimate of drug-likeness (QED) is 0.405. The maximum Gasteiger partial charge on any atom is 0.287 e. The molecule has 0 bridgehead atoms. The number of nitro groups is 1. The number of carbonyl (C=O) groups excluding carboxylic acids is 1. The lowest BCUT2D eigenvalue weighted by Gasteiger charge is -2.07. The van der Waals surface area contributed by atoms with Crippen LogP contribution in [0.1, 0.15) is 12.0 Å². The highest BCUT2D eigenvalue weighted by molar-refractivity contribution is 6.31. The molecule has 1 amide bonds. The van der Waals surface area contributed by atoms with Crippen LogP contribution in [-0.4, -0.2) is 33.9 Å². The number of carbonyl (C=O) groups is 1. The molecule has 0 radical (unpaired) electrons. The van der Waals surface area contributed by atoms with Gasteiger partial charge in [0.2, 0.25) is 5.91 Å². The summed E-state index contributed by atoms with van der Waals surface area (Å²) in [4.78, 5) is 29.1. The van der Waals surface area contributed by atoms with Gasteiger partial charge in [0.15, 0.2) is 0 Å².